The first kappa shape index (κ1) is 5.93. The van der Waals surface area contributed by atoms with E-state index >= 15 is 0 Å². The van der Waals surface area contributed by atoms with Crippen molar-refractivity contribution in [2.45, 2.75) is 0 Å². The molecule has 2 rings (SSSR count). The second kappa shape index (κ2) is 2.10. The van der Waals surface area contributed by atoms with Crippen LogP contribution >= 0.6 is 0 Å². The van der Waals surface area contributed by atoms with Crippen molar-refractivity contribution in [1.82, 2.24) is 4.98 Å². The first-order valence-corrected chi connectivity index (χ1v) is 3.13. The summed E-state index contributed by atoms with van der Waals surface area (Å²) in [5, 5.41) is 8.50. The van der Waals surface area contributed by atoms with Crippen LogP contribution in [0.25, 0.3) is 11.1 Å². The van der Waals surface area contributed by atoms with Crippen LogP contribution in [-0.4, -0.2) is 4.98 Å². The number of pyridine rings is 1. The van der Waals surface area contributed by atoms with E-state index in [2.05, 4.69) is 4.98 Å². The molecule has 11 heavy (non-hydrogen) atoms. The van der Waals surface area contributed by atoms with Crippen LogP contribution in [0.4, 0.5) is 0 Å². The van der Waals surface area contributed by atoms with Crippen molar-refractivity contribution < 1.29 is 4.42 Å². The van der Waals surface area contributed by atoms with Crippen LogP contribution in [-0.2, 0) is 0 Å². The lowest BCUT2D eigenvalue weighted by atomic mass is 10.3. The third-order valence-electron chi connectivity index (χ3n) is 1.43. The minimum atomic E-state index is 0.521. The van der Waals surface area contributed by atoms with E-state index in [1.807, 2.05) is 6.07 Å². The van der Waals surface area contributed by atoms with Crippen molar-refractivity contribution >= 4 is 11.1 Å². The minimum Gasteiger partial charge on any atom is -0.463 e. The quantitative estimate of drug-likeness (QED) is 0.565. The van der Waals surface area contributed by atoms with E-state index in [4.69, 9.17) is 9.68 Å². The van der Waals surface area contributed by atoms with Gasteiger partial charge in [0.15, 0.2) is 5.58 Å². The summed E-state index contributed by atoms with van der Waals surface area (Å²) < 4.78 is 5.05. The maximum atomic E-state index is 8.50. The molecule has 0 N–H and O–H groups in total. The van der Waals surface area contributed by atoms with Gasteiger partial charge < -0.3 is 4.42 Å². The largest absolute Gasteiger partial charge is 0.463 e. The first-order chi connectivity index (χ1) is 5.40. The molecule has 0 bridgehead atoms. The van der Waals surface area contributed by atoms with E-state index in [1.165, 1.54) is 6.20 Å². The molecule has 52 valence electrons. The number of hydrogen-bond acceptors (Lipinski definition) is 3. The molecule has 2 aromatic rings. The Bertz CT molecular complexity index is 425. The van der Waals surface area contributed by atoms with Gasteiger partial charge in [-0.25, -0.2) is 0 Å². The van der Waals surface area contributed by atoms with Crippen LogP contribution in [0.1, 0.15) is 5.56 Å². The Labute approximate surface area is 62.9 Å². The highest BCUT2D eigenvalue weighted by Crippen LogP contribution is 2.12. The molecule has 3 nitrogen and oxygen atoms in total. The van der Waals surface area contributed by atoms with Crippen molar-refractivity contribution in [3.63, 3.8) is 0 Å². The van der Waals surface area contributed by atoms with Gasteiger partial charge in [0.1, 0.15) is 11.6 Å². The average molecular weight is 144 g/mol. The first-order valence-electron chi connectivity index (χ1n) is 3.13. The third kappa shape index (κ3) is 0.849. The maximum absolute atomic E-state index is 8.50. The van der Waals surface area contributed by atoms with Crippen LogP contribution in [0.15, 0.2) is 29.0 Å². The number of fused-ring (bicyclic) bond motifs is 1. The molecule has 0 saturated heterocycles. The highest BCUT2D eigenvalue weighted by molar-refractivity contribution is 5.73. The molecule has 0 unspecified atom stereocenters. The highest BCUT2D eigenvalue weighted by Gasteiger charge is 1.97. The smallest absolute Gasteiger partial charge is 0.153 e. The van der Waals surface area contributed by atoms with Crippen LogP contribution in [0.2, 0.25) is 0 Å². The molecule has 0 fully saturated rings. The summed E-state index contributed by atoms with van der Waals surface area (Å²) in [5.41, 5.74) is 1.96. The van der Waals surface area contributed by atoms with Crippen LogP contribution < -0.4 is 0 Å². The fourth-order valence-electron chi connectivity index (χ4n) is 0.908. The van der Waals surface area contributed by atoms with E-state index < -0.39 is 0 Å². The average Bonchev–Trinajstić information content (AvgIpc) is 2.50. The third-order valence-corrected chi connectivity index (χ3v) is 1.43. The van der Waals surface area contributed by atoms with Gasteiger partial charge in [0.05, 0.1) is 11.8 Å². The summed E-state index contributed by atoms with van der Waals surface area (Å²) in [6.07, 6.45) is 3.08. The predicted octanol–water partition coefficient (Wildman–Crippen LogP) is 1.70. The number of hydrogen-bond donors (Lipinski definition) is 0. The second-order valence-electron chi connectivity index (χ2n) is 2.14. The summed E-state index contributed by atoms with van der Waals surface area (Å²) >= 11 is 0. The molecule has 0 aromatic carbocycles. The molecule has 0 spiro atoms. The number of nitriles is 1. The standard InChI is InChI=1S/C8H4N2O/c9-4-6-3-8-7(10-5-6)1-2-11-8/h1-3,5H. The van der Waals surface area contributed by atoms with Gasteiger partial charge in [0.2, 0.25) is 0 Å². The summed E-state index contributed by atoms with van der Waals surface area (Å²) in [5.74, 6) is 0. The second-order valence-corrected chi connectivity index (χ2v) is 2.14. The van der Waals surface area contributed by atoms with Crippen molar-refractivity contribution in [2.24, 2.45) is 0 Å². The van der Waals surface area contributed by atoms with Gasteiger partial charge in [-0.1, -0.05) is 0 Å². The summed E-state index contributed by atoms with van der Waals surface area (Å²) in [6.45, 7) is 0. The molecule has 0 radical (unpaired) electrons. The van der Waals surface area contributed by atoms with E-state index in [1.54, 1.807) is 18.4 Å². The van der Waals surface area contributed by atoms with Crippen LogP contribution in [0.5, 0.6) is 0 Å². The lowest BCUT2D eigenvalue weighted by Gasteiger charge is -1.86. The Morgan fingerprint density at radius 2 is 2.45 bits per heavy atom. The number of nitrogens with zero attached hydrogens (tertiary/aromatic N) is 2. The molecular formula is C8H4N2O. The molecule has 0 aliphatic heterocycles. The SMILES string of the molecule is N#Cc1cnc2ccoc2c1. The zero-order chi connectivity index (χ0) is 7.68. The Hall–Kier alpha value is -1.82. The van der Waals surface area contributed by atoms with Crippen molar-refractivity contribution in [1.29, 1.82) is 5.26 Å². The molecule has 2 aromatic heterocycles. The fraction of sp³-hybridized carbons (Fsp3) is 0. The molecule has 0 aliphatic rings. The Kier molecular flexibility index (Phi) is 1.13. The summed E-state index contributed by atoms with van der Waals surface area (Å²) in [6, 6.07) is 5.42. The molecule has 0 saturated carbocycles. The Morgan fingerprint density at radius 1 is 1.55 bits per heavy atom. The Morgan fingerprint density at radius 3 is 3.27 bits per heavy atom. The fourth-order valence-corrected chi connectivity index (χ4v) is 0.908. The predicted molar refractivity (Wildman–Crippen MR) is 38.7 cm³/mol. The van der Waals surface area contributed by atoms with Crippen molar-refractivity contribution in [2.75, 3.05) is 0 Å². The van der Waals surface area contributed by atoms with Gasteiger partial charge in [0, 0.05) is 18.3 Å². The maximum Gasteiger partial charge on any atom is 0.153 e. The van der Waals surface area contributed by atoms with E-state index in [9.17, 15) is 0 Å². The number of furan rings is 1. The zero-order valence-corrected chi connectivity index (χ0v) is 5.61. The number of aromatic nitrogens is 1. The van der Waals surface area contributed by atoms with Gasteiger partial charge in [0.25, 0.3) is 0 Å². The topological polar surface area (TPSA) is 49.8 Å². The molecule has 2 heterocycles. The normalized spacial score (nSPS) is 9.73. The lowest BCUT2D eigenvalue weighted by molar-refractivity contribution is 0.615. The number of rotatable bonds is 0. The van der Waals surface area contributed by atoms with Gasteiger partial charge in [-0.2, -0.15) is 5.26 Å². The molecule has 3 heteroatoms. The van der Waals surface area contributed by atoms with E-state index in [0.717, 1.165) is 5.52 Å². The van der Waals surface area contributed by atoms with E-state index in [-0.39, 0.29) is 0 Å². The lowest BCUT2D eigenvalue weighted by Crippen LogP contribution is -1.76. The van der Waals surface area contributed by atoms with Crippen molar-refractivity contribution in [3.8, 4) is 6.07 Å². The summed E-state index contributed by atoms with van der Waals surface area (Å²) in [4.78, 5) is 4.00. The summed E-state index contributed by atoms with van der Waals surface area (Å²) in [7, 11) is 0. The molecular weight excluding hydrogens is 140 g/mol. The minimum absolute atomic E-state index is 0.521. The van der Waals surface area contributed by atoms with Crippen LogP contribution in [0.3, 0.4) is 0 Å². The van der Waals surface area contributed by atoms with Crippen molar-refractivity contribution in [3.05, 3.63) is 30.2 Å². The van der Waals surface area contributed by atoms with Gasteiger partial charge in [-0.15, -0.1) is 0 Å². The van der Waals surface area contributed by atoms with Crippen LogP contribution in [0, 0.1) is 11.3 Å². The molecule has 0 aliphatic carbocycles. The zero-order valence-electron chi connectivity index (χ0n) is 5.61. The monoisotopic (exact) mass is 144 g/mol. The Balaban J connectivity index is 2.79. The molecule has 0 atom stereocenters. The van der Waals surface area contributed by atoms with Gasteiger partial charge in [-0.05, 0) is 0 Å². The van der Waals surface area contributed by atoms with Gasteiger partial charge >= 0.3 is 0 Å². The highest BCUT2D eigenvalue weighted by atomic mass is 16.3. The van der Waals surface area contributed by atoms with Gasteiger partial charge in [-0.3, -0.25) is 4.98 Å². The molecule has 0 amide bonds. The van der Waals surface area contributed by atoms with E-state index in [0.29, 0.717) is 11.1 Å².